The summed E-state index contributed by atoms with van der Waals surface area (Å²) in [6.45, 7) is 11.9. The Morgan fingerprint density at radius 3 is 2.20 bits per heavy atom. The molecule has 0 aliphatic carbocycles. The Kier molecular flexibility index (Phi) is 7.55. The van der Waals surface area contributed by atoms with Crippen LogP contribution in [0, 0.1) is 5.92 Å². The van der Waals surface area contributed by atoms with Crippen molar-refractivity contribution in [3.05, 3.63) is 23.8 Å². The van der Waals surface area contributed by atoms with Crippen LogP contribution in [0.4, 0.5) is 4.79 Å². The van der Waals surface area contributed by atoms with E-state index in [1.54, 1.807) is 18.2 Å². The largest absolute Gasteiger partial charge is 0.507 e. The number of phenolic OH excluding ortho intramolecular Hbond substituents is 2. The van der Waals surface area contributed by atoms with Gasteiger partial charge in [0.15, 0.2) is 0 Å². The molecule has 2 atom stereocenters. The Balaban J connectivity index is 2.74. The van der Waals surface area contributed by atoms with Crippen LogP contribution in [0.5, 0.6) is 11.5 Å². The molecule has 0 saturated carbocycles. The van der Waals surface area contributed by atoms with Gasteiger partial charge in [-0.2, -0.15) is 0 Å². The molecular weight excluding hydrogens is 320 g/mol. The normalized spacial score (nSPS) is 14.2. The number of amides is 1. The summed E-state index contributed by atoms with van der Waals surface area (Å²) >= 11 is 0. The number of phenols is 2. The first kappa shape index (κ1) is 21.1. The molecule has 4 N–H and O–H groups in total. The number of benzene rings is 1. The van der Waals surface area contributed by atoms with E-state index in [1.165, 1.54) is 0 Å². The van der Waals surface area contributed by atoms with E-state index in [2.05, 4.69) is 24.5 Å². The van der Waals surface area contributed by atoms with Crippen LogP contribution in [0.3, 0.4) is 0 Å². The molecule has 1 aromatic rings. The molecule has 0 spiro atoms. The molecule has 0 saturated heterocycles. The predicted molar refractivity (Wildman–Crippen MR) is 98.8 cm³/mol. The first-order valence-electron chi connectivity index (χ1n) is 8.73. The molecule has 1 rings (SSSR count). The number of nitrogens with one attached hydrogen (secondary N) is 2. The molecule has 0 fully saturated rings. The molecule has 6 nitrogen and oxygen atoms in total. The number of carbonyl (C=O) groups is 1. The van der Waals surface area contributed by atoms with Gasteiger partial charge in [0.1, 0.15) is 17.1 Å². The fourth-order valence-electron chi connectivity index (χ4n) is 2.72. The van der Waals surface area contributed by atoms with Crippen molar-refractivity contribution in [3.63, 3.8) is 0 Å². The third-order valence-electron chi connectivity index (χ3n) is 3.63. The van der Waals surface area contributed by atoms with Crippen LogP contribution in [0.1, 0.15) is 59.6 Å². The highest BCUT2D eigenvalue weighted by molar-refractivity contribution is 5.67. The second kappa shape index (κ2) is 8.94. The standard InChI is InChI=1S/C19H32N2O4/c1-12(2)10-14(11-20-18(24)25-19(4,5)6)21-13(3)17-15(22)8-7-9-16(17)23/h7-9,12-14,21-23H,10-11H2,1-6H3,(H,20,24). The Hall–Kier alpha value is -1.95. The monoisotopic (exact) mass is 352 g/mol. The zero-order valence-corrected chi connectivity index (χ0v) is 16.1. The predicted octanol–water partition coefficient (Wildman–Crippen LogP) is 3.69. The maximum atomic E-state index is 11.9. The van der Waals surface area contributed by atoms with Crippen LogP contribution in [0.2, 0.25) is 0 Å². The first-order chi connectivity index (χ1) is 11.5. The zero-order valence-electron chi connectivity index (χ0n) is 16.1. The number of hydrogen-bond donors (Lipinski definition) is 4. The summed E-state index contributed by atoms with van der Waals surface area (Å²) in [7, 11) is 0. The van der Waals surface area contributed by atoms with Gasteiger partial charge in [-0.1, -0.05) is 19.9 Å². The highest BCUT2D eigenvalue weighted by Crippen LogP contribution is 2.32. The lowest BCUT2D eigenvalue weighted by Gasteiger charge is -2.27. The van der Waals surface area contributed by atoms with E-state index in [9.17, 15) is 15.0 Å². The minimum atomic E-state index is -0.542. The summed E-state index contributed by atoms with van der Waals surface area (Å²) in [5.74, 6) is 0.509. The molecule has 0 aromatic heterocycles. The van der Waals surface area contributed by atoms with Gasteiger partial charge in [0, 0.05) is 18.6 Å². The van der Waals surface area contributed by atoms with Crippen LogP contribution in [0.15, 0.2) is 18.2 Å². The molecule has 0 aliphatic rings. The van der Waals surface area contributed by atoms with Crippen molar-refractivity contribution in [1.29, 1.82) is 0 Å². The molecule has 0 heterocycles. The summed E-state index contributed by atoms with van der Waals surface area (Å²) in [5, 5.41) is 26.2. The van der Waals surface area contributed by atoms with Crippen LogP contribution < -0.4 is 10.6 Å². The zero-order chi connectivity index (χ0) is 19.2. The van der Waals surface area contributed by atoms with Crippen molar-refractivity contribution in [3.8, 4) is 11.5 Å². The number of alkyl carbamates (subject to hydrolysis) is 1. The second-order valence-electron chi connectivity index (χ2n) is 7.81. The van der Waals surface area contributed by atoms with Crippen molar-refractivity contribution in [1.82, 2.24) is 10.6 Å². The van der Waals surface area contributed by atoms with Gasteiger partial charge in [-0.05, 0) is 52.2 Å². The lowest BCUT2D eigenvalue weighted by molar-refractivity contribution is 0.0520. The quantitative estimate of drug-likeness (QED) is 0.601. The number of aromatic hydroxyl groups is 2. The number of rotatable bonds is 7. The second-order valence-corrected chi connectivity index (χ2v) is 7.81. The topological polar surface area (TPSA) is 90.8 Å². The van der Waals surface area contributed by atoms with Crippen molar-refractivity contribution < 1.29 is 19.7 Å². The highest BCUT2D eigenvalue weighted by atomic mass is 16.6. The third-order valence-corrected chi connectivity index (χ3v) is 3.63. The molecule has 142 valence electrons. The summed E-state index contributed by atoms with van der Waals surface area (Å²) in [4.78, 5) is 11.9. The Bertz CT molecular complexity index is 547. The number of carbonyl (C=O) groups excluding carboxylic acids is 1. The third kappa shape index (κ3) is 7.65. The van der Waals surface area contributed by atoms with Gasteiger partial charge in [-0.25, -0.2) is 4.79 Å². The minimum Gasteiger partial charge on any atom is -0.507 e. The highest BCUT2D eigenvalue weighted by Gasteiger charge is 2.21. The van der Waals surface area contributed by atoms with Gasteiger partial charge in [-0.3, -0.25) is 0 Å². The fourth-order valence-corrected chi connectivity index (χ4v) is 2.72. The van der Waals surface area contributed by atoms with Gasteiger partial charge >= 0.3 is 6.09 Å². The molecule has 0 aliphatic heterocycles. The summed E-state index contributed by atoms with van der Waals surface area (Å²) < 4.78 is 5.26. The van der Waals surface area contributed by atoms with E-state index < -0.39 is 11.7 Å². The maximum Gasteiger partial charge on any atom is 0.407 e. The van der Waals surface area contributed by atoms with Gasteiger partial charge in [0.2, 0.25) is 0 Å². The summed E-state index contributed by atoms with van der Waals surface area (Å²) in [6, 6.07) is 4.39. The SMILES string of the molecule is CC(C)CC(CNC(=O)OC(C)(C)C)NC(C)c1c(O)cccc1O. The fraction of sp³-hybridized carbons (Fsp3) is 0.632. The Morgan fingerprint density at radius 2 is 1.72 bits per heavy atom. The van der Waals surface area contributed by atoms with Gasteiger partial charge in [0.25, 0.3) is 0 Å². The van der Waals surface area contributed by atoms with E-state index in [1.807, 2.05) is 27.7 Å². The van der Waals surface area contributed by atoms with E-state index >= 15 is 0 Å². The van der Waals surface area contributed by atoms with Crippen LogP contribution in [-0.2, 0) is 4.74 Å². The van der Waals surface area contributed by atoms with Crippen LogP contribution in [-0.4, -0.2) is 34.5 Å². The van der Waals surface area contributed by atoms with Crippen LogP contribution >= 0.6 is 0 Å². The molecule has 1 aromatic carbocycles. The van der Waals surface area contributed by atoms with Crippen molar-refractivity contribution >= 4 is 6.09 Å². The minimum absolute atomic E-state index is 0.0264. The molecule has 2 unspecified atom stereocenters. The summed E-state index contributed by atoms with van der Waals surface area (Å²) in [5.41, 5.74) is -0.0894. The van der Waals surface area contributed by atoms with Crippen molar-refractivity contribution in [2.45, 2.75) is 65.6 Å². The van der Waals surface area contributed by atoms with Crippen LogP contribution in [0.25, 0.3) is 0 Å². The molecule has 0 bridgehead atoms. The van der Waals surface area contributed by atoms with E-state index in [4.69, 9.17) is 4.74 Å². The van der Waals surface area contributed by atoms with Gasteiger partial charge in [-0.15, -0.1) is 0 Å². The Labute approximate surface area is 150 Å². The molecule has 6 heteroatoms. The summed E-state index contributed by atoms with van der Waals surface area (Å²) in [6.07, 6.45) is 0.371. The molecule has 1 amide bonds. The lowest BCUT2D eigenvalue weighted by Crippen LogP contribution is -2.44. The van der Waals surface area contributed by atoms with E-state index in [0.29, 0.717) is 18.0 Å². The number of hydrogen-bond acceptors (Lipinski definition) is 5. The van der Waals surface area contributed by atoms with E-state index in [0.717, 1.165) is 6.42 Å². The van der Waals surface area contributed by atoms with E-state index in [-0.39, 0.29) is 23.6 Å². The van der Waals surface area contributed by atoms with Gasteiger partial charge < -0.3 is 25.6 Å². The number of ether oxygens (including phenoxy) is 1. The molecule has 0 radical (unpaired) electrons. The average molecular weight is 352 g/mol. The van der Waals surface area contributed by atoms with Crippen molar-refractivity contribution in [2.24, 2.45) is 5.92 Å². The Morgan fingerprint density at radius 1 is 1.16 bits per heavy atom. The van der Waals surface area contributed by atoms with Gasteiger partial charge in [0.05, 0.1) is 5.56 Å². The smallest absolute Gasteiger partial charge is 0.407 e. The maximum absolute atomic E-state index is 11.9. The first-order valence-corrected chi connectivity index (χ1v) is 8.73. The lowest BCUT2D eigenvalue weighted by atomic mass is 10.00. The molecular formula is C19H32N2O4. The molecule has 25 heavy (non-hydrogen) atoms. The average Bonchev–Trinajstić information content (AvgIpc) is 2.42. The van der Waals surface area contributed by atoms with Crippen molar-refractivity contribution in [2.75, 3.05) is 6.54 Å².